The van der Waals surface area contributed by atoms with E-state index in [0.29, 0.717) is 16.8 Å². The number of amides is 7. The van der Waals surface area contributed by atoms with E-state index in [9.17, 15) is 33.6 Å². The molecular weight excluding hydrogens is 811 g/mol. The van der Waals surface area contributed by atoms with Crippen LogP contribution in [-0.4, -0.2) is 106 Å². The number of guanidine groups is 1. The normalized spacial score (nSPS) is 21.0. The number of primary amides is 1. The molecule has 1 aliphatic rings. The van der Waals surface area contributed by atoms with Crippen LogP contribution >= 0.6 is 0 Å². The van der Waals surface area contributed by atoms with Crippen LogP contribution < -0.4 is 49.1 Å². The van der Waals surface area contributed by atoms with Gasteiger partial charge in [-0.25, -0.2) is 4.98 Å². The number of aromatic nitrogens is 3. The number of nitrogens with one attached hydrogen (secondary N) is 8. The maximum atomic E-state index is 14.5. The van der Waals surface area contributed by atoms with Gasteiger partial charge in [0.25, 0.3) is 0 Å². The number of hydrogen-bond acceptors (Lipinski definition) is 9. The van der Waals surface area contributed by atoms with E-state index in [1.165, 1.54) is 12.5 Å². The van der Waals surface area contributed by atoms with Gasteiger partial charge in [-0.15, -0.1) is 0 Å². The van der Waals surface area contributed by atoms with Gasteiger partial charge in [-0.2, -0.15) is 0 Å². The first-order valence-electron chi connectivity index (χ1n) is 20.4. The molecule has 2 aromatic heterocycles. The largest absolute Gasteiger partial charge is 0.370 e. The fourth-order valence-corrected chi connectivity index (χ4v) is 7.25. The molecule has 1 saturated heterocycles. The summed E-state index contributed by atoms with van der Waals surface area (Å²) in [5, 5.41) is 18.7. The minimum Gasteiger partial charge on any atom is -0.370 e. The van der Waals surface area contributed by atoms with Crippen LogP contribution in [0.1, 0.15) is 42.5 Å². The molecule has 1 unspecified atom stereocenters. The summed E-state index contributed by atoms with van der Waals surface area (Å²) in [5.74, 6) is -5.52. The molecule has 330 valence electrons. The van der Waals surface area contributed by atoms with Crippen LogP contribution in [0.5, 0.6) is 0 Å². The number of para-hydroxylation sites is 1. The fourth-order valence-electron chi connectivity index (χ4n) is 7.25. The fraction of sp³-hybridized carbons (Fsp3) is 0.326. The van der Waals surface area contributed by atoms with E-state index in [1.807, 2.05) is 66.7 Å². The summed E-state index contributed by atoms with van der Waals surface area (Å²) in [6.07, 6.45) is 3.92. The molecule has 6 rings (SSSR count). The molecule has 63 heavy (non-hydrogen) atoms. The van der Waals surface area contributed by atoms with Crippen LogP contribution in [0.15, 0.2) is 90.4 Å². The third kappa shape index (κ3) is 12.6. The van der Waals surface area contributed by atoms with Crippen LogP contribution in [0.2, 0.25) is 0 Å². The Hall–Kier alpha value is -7.77. The average molecular weight is 862 g/mol. The molecule has 0 bridgehead atoms. The third-order valence-electron chi connectivity index (χ3n) is 10.6. The minimum atomic E-state index is -1.42. The van der Waals surface area contributed by atoms with Crippen molar-refractivity contribution in [2.75, 3.05) is 13.1 Å². The van der Waals surface area contributed by atoms with Gasteiger partial charge in [0.15, 0.2) is 5.96 Å². The second kappa shape index (κ2) is 21.2. The Kier molecular flexibility index (Phi) is 15.0. The Morgan fingerprint density at radius 2 is 1.33 bits per heavy atom. The van der Waals surface area contributed by atoms with E-state index in [4.69, 9.17) is 17.2 Å². The van der Waals surface area contributed by atoms with E-state index in [1.54, 1.807) is 6.20 Å². The standard InChI is InChI=1S/C43H51N13O7/c44-38(59)35-22-50-36(57)13-14-37(58)52-34(19-28-21-47-23-51-28)42(63)54-32(17-24-11-12-25-6-1-2-7-26(25)16-24)40(61)53-31(10-5-15-48-43(45)46)39(60)55-33(41(62)56-35)18-27-20-49-30-9-4-3-8-29(27)30/h1-4,6-9,11-12,16,20-21,23,31-35,49H,5,10,13-15,17-19,22H2,(H2,44,59)(H,47,51)(H,50,57)(H,52,58)(H,53,61)(H,54,63)(H,55,60)(H,56,62)(H4,45,46,48)/t31-,32-,33+,34-,35?/m0/s1. The van der Waals surface area contributed by atoms with Gasteiger partial charge in [0.2, 0.25) is 41.4 Å². The van der Waals surface area contributed by atoms with Crippen molar-refractivity contribution < 1.29 is 33.6 Å². The third-order valence-corrected chi connectivity index (χ3v) is 10.6. The van der Waals surface area contributed by atoms with Crippen molar-refractivity contribution in [3.05, 3.63) is 102 Å². The maximum absolute atomic E-state index is 14.5. The van der Waals surface area contributed by atoms with Gasteiger partial charge < -0.3 is 59.1 Å². The molecule has 1 aliphatic heterocycles. The summed E-state index contributed by atoms with van der Waals surface area (Å²) >= 11 is 0. The number of aromatic amines is 2. The highest BCUT2D eigenvalue weighted by atomic mass is 16.2. The highest BCUT2D eigenvalue weighted by Gasteiger charge is 2.33. The molecule has 0 aliphatic carbocycles. The first kappa shape index (κ1) is 44.8. The molecule has 5 aromatic rings. The molecule has 0 spiro atoms. The lowest BCUT2D eigenvalue weighted by Crippen LogP contribution is -2.60. The summed E-state index contributed by atoms with van der Waals surface area (Å²) in [4.78, 5) is 110. The number of carbonyl (C=O) groups excluding carboxylic acids is 7. The smallest absolute Gasteiger partial charge is 0.243 e. The number of H-pyrrole nitrogens is 2. The van der Waals surface area contributed by atoms with Crippen molar-refractivity contribution in [1.29, 1.82) is 0 Å². The monoisotopic (exact) mass is 861 g/mol. The second-order valence-electron chi connectivity index (χ2n) is 15.3. The summed E-state index contributed by atoms with van der Waals surface area (Å²) in [6, 6.07) is 13.9. The Morgan fingerprint density at radius 1 is 0.683 bits per heavy atom. The van der Waals surface area contributed by atoms with Gasteiger partial charge in [-0.3, -0.25) is 38.6 Å². The van der Waals surface area contributed by atoms with E-state index in [-0.39, 0.29) is 57.5 Å². The lowest BCUT2D eigenvalue weighted by molar-refractivity contribution is -0.135. The van der Waals surface area contributed by atoms with Crippen LogP contribution in [0.4, 0.5) is 0 Å². The summed E-state index contributed by atoms with van der Waals surface area (Å²) in [7, 11) is 0. The first-order chi connectivity index (χ1) is 30.3. The molecule has 1 fully saturated rings. The number of fused-ring (bicyclic) bond motifs is 2. The van der Waals surface area contributed by atoms with E-state index in [0.717, 1.165) is 21.7 Å². The van der Waals surface area contributed by atoms with Crippen molar-refractivity contribution in [2.45, 2.75) is 75.2 Å². The highest BCUT2D eigenvalue weighted by Crippen LogP contribution is 2.20. The molecule has 20 nitrogen and oxygen atoms in total. The lowest BCUT2D eigenvalue weighted by atomic mass is 9.99. The zero-order valence-corrected chi connectivity index (χ0v) is 34.3. The Labute approximate surface area is 361 Å². The number of rotatable bonds is 11. The summed E-state index contributed by atoms with van der Waals surface area (Å²) in [6.45, 7) is -0.332. The van der Waals surface area contributed by atoms with E-state index >= 15 is 0 Å². The summed E-state index contributed by atoms with van der Waals surface area (Å²) < 4.78 is 0. The van der Waals surface area contributed by atoms with Gasteiger partial charge in [-0.05, 0) is 40.8 Å². The maximum Gasteiger partial charge on any atom is 0.243 e. The molecule has 3 heterocycles. The Balaban J connectivity index is 1.37. The van der Waals surface area contributed by atoms with Crippen LogP contribution in [0.25, 0.3) is 21.7 Å². The Bertz CT molecular complexity index is 2480. The van der Waals surface area contributed by atoms with Crippen molar-refractivity contribution in [3.63, 3.8) is 0 Å². The van der Waals surface area contributed by atoms with Gasteiger partial charge in [0.1, 0.15) is 30.2 Å². The number of carbonyl (C=O) groups is 7. The van der Waals surface area contributed by atoms with Crippen molar-refractivity contribution >= 4 is 69.0 Å². The topological polar surface area (TPSA) is 327 Å². The van der Waals surface area contributed by atoms with Gasteiger partial charge in [0.05, 0.1) is 6.33 Å². The van der Waals surface area contributed by atoms with Crippen molar-refractivity contribution in [2.24, 2.45) is 22.2 Å². The molecule has 14 N–H and O–H groups in total. The minimum absolute atomic E-state index is 0.0130. The van der Waals surface area contributed by atoms with Crippen LogP contribution in [0.3, 0.4) is 0 Å². The number of hydrogen-bond donors (Lipinski definition) is 11. The zero-order valence-electron chi connectivity index (χ0n) is 34.3. The van der Waals surface area contributed by atoms with Crippen molar-refractivity contribution in [3.8, 4) is 0 Å². The molecule has 0 saturated carbocycles. The zero-order chi connectivity index (χ0) is 44.9. The predicted molar refractivity (Wildman–Crippen MR) is 233 cm³/mol. The number of nitrogens with two attached hydrogens (primary N) is 3. The molecule has 20 heteroatoms. The average Bonchev–Trinajstić information content (AvgIpc) is 3.94. The number of nitrogens with zero attached hydrogens (tertiary/aromatic N) is 2. The summed E-state index contributed by atoms with van der Waals surface area (Å²) in [5.41, 5.74) is 19.4. The van der Waals surface area contributed by atoms with Gasteiger partial charge >= 0.3 is 0 Å². The predicted octanol–water partition coefficient (Wildman–Crippen LogP) is -1.05. The molecule has 5 atom stereocenters. The SMILES string of the molecule is NC(=O)C1CNC(=O)CCC(=O)N[C@@H](Cc2cnc[nH]2)C(=O)N[C@@H](Cc2ccc3ccccc3c2)C(=O)N[C@@H](CCCN=C(N)N)C(=O)N[C@H](Cc2c[nH]c3ccccc23)C(=O)N1. The van der Waals surface area contributed by atoms with E-state index < -0.39 is 78.1 Å². The number of benzene rings is 3. The number of imidazole rings is 1. The first-order valence-corrected chi connectivity index (χ1v) is 20.4. The molecule has 3 aromatic carbocycles. The highest BCUT2D eigenvalue weighted by molar-refractivity contribution is 5.97. The quantitative estimate of drug-likeness (QED) is 0.0435. The second-order valence-corrected chi connectivity index (χ2v) is 15.3. The molecular formula is C43H51N13O7. The Morgan fingerprint density at radius 3 is 2.06 bits per heavy atom. The lowest BCUT2D eigenvalue weighted by Gasteiger charge is -2.27. The van der Waals surface area contributed by atoms with Crippen LogP contribution in [0, 0.1) is 0 Å². The molecule has 0 radical (unpaired) electrons. The molecule has 7 amide bonds. The van der Waals surface area contributed by atoms with E-state index in [2.05, 4.69) is 51.8 Å². The van der Waals surface area contributed by atoms with Gasteiger partial charge in [0, 0.05) is 74.2 Å². The number of aliphatic imine (C=N–C) groups is 1. The van der Waals surface area contributed by atoms with Crippen LogP contribution in [-0.2, 0) is 52.8 Å². The van der Waals surface area contributed by atoms with Crippen molar-refractivity contribution in [1.82, 2.24) is 46.9 Å². The van der Waals surface area contributed by atoms with Gasteiger partial charge in [-0.1, -0.05) is 60.7 Å².